The van der Waals surface area contributed by atoms with Crippen LogP contribution in [0.4, 0.5) is 0 Å². The molecule has 7 nitrogen and oxygen atoms in total. The molecule has 2 N–H and O–H groups in total. The van der Waals surface area contributed by atoms with Gasteiger partial charge in [-0.25, -0.2) is 0 Å². The van der Waals surface area contributed by atoms with E-state index in [1.807, 2.05) is 30.3 Å². The third kappa shape index (κ3) is 4.87. The lowest BCUT2D eigenvalue weighted by Crippen LogP contribution is -2.52. The number of hydrogen-bond donors (Lipinski definition) is 2. The number of carbonyl (C=O) groups excluding carboxylic acids is 3. The van der Waals surface area contributed by atoms with Crippen LogP contribution in [0.3, 0.4) is 0 Å². The number of hydrogen-bond acceptors (Lipinski definition) is 5. The van der Waals surface area contributed by atoms with E-state index < -0.39 is 6.04 Å². The second-order valence-electron chi connectivity index (χ2n) is 9.44. The molecule has 8 heteroatoms. The second kappa shape index (κ2) is 9.86. The van der Waals surface area contributed by atoms with Crippen LogP contribution in [0.15, 0.2) is 42.5 Å². The van der Waals surface area contributed by atoms with Gasteiger partial charge in [0, 0.05) is 49.2 Å². The molecule has 2 aromatic rings. The van der Waals surface area contributed by atoms with Crippen LogP contribution in [-0.4, -0.2) is 52.7 Å². The summed E-state index contributed by atoms with van der Waals surface area (Å²) >= 11 is 6.35. The van der Waals surface area contributed by atoms with E-state index in [-0.39, 0.29) is 24.1 Å². The van der Waals surface area contributed by atoms with E-state index in [4.69, 9.17) is 11.6 Å². The number of rotatable bonds is 6. The van der Waals surface area contributed by atoms with Crippen molar-refractivity contribution in [3.63, 3.8) is 0 Å². The van der Waals surface area contributed by atoms with Gasteiger partial charge in [-0.3, -0.25) is 24.6 Å². The van der Waals surface area contributed by atoms with Gasteiger partial charge in [0.25, 0.3) is 5.91 Å². The summed E-state index contributed by atoms with van der Waals surface area (Å²) in [6.07, 6.45) is 2.92. The predicted octanol–water partition coefficient (Wildman–Crippen LogP) is 2.86. The van der Waals surface area contributed by atoms with E-state index in [0.29, 0.717) is 24.6 Å². The van der Waals surface area contributed by atoms with Gasteiger partial charge in [0.05, 0.1) is 0 Å². The Balaban J connectivity index is 1.18. The maximum absolute atomic E-state index is 12.9. The highest BCUT2D eigenvalue weighted by Gasteiger charge is 2.39. The summed E-state index contributed by atoms with van der Waals surface area (Å²) < 4.78 is 0. The minimum absolute atomic E-state index is 0.133. The van der Waals surface area contributed by atoms with Gasteiger partial charge in [0.15, 0.2) is 0 Å². The van der Waals surface area contributed by atoms with Gasteiger partial charge in [-0.05, 0) is 54.6 Å². The number of likely N-dealkylation sites (tertiary alicyclic amines) is 1. The summed E-state index contributed by atoms with van der Waals surface area (Å²) in [5, 5.41) is 6.85. The fourth-order valence-electron chi connectivity index (χ4n) is 5.23. The monoisotopic (exact) mass is 480 g/mol. The topological polar surface area (TPSA) is 81.8 Å². The number of amides is 3. The Bertz CT molecular complexity index is 1120. The Labute approximate surface area is 204 Å². The van der Waals surface area contributed by atoms with Gasteiger partial charge in [0.1, 0.15) is 6.04 Å². The van der Waals surface area contributed by atoms with Crippen molar-refractivity contribution in [2.75, 3.05) is 13.1 Å². The van der Waals surface area contributed by atoms with Gasteiger partial charge >= 0.3 is 0 Å². The zero-order valence-electron chi connectivity index (χ0n) is 19.1. The summed E-state index contributed by atoms with van der Waals surface area (Å²) in [5.41, 5.74) is 3.88. The lowest BCUT2D eigenvalue weighted by molar-refractivity contribution is -0.136. The molecular formula is C26H29ClN4O3. The fourth-order valence-corrected chi connectivity index (χ4v) is 5.43. The molecule has 5 rings (SSSR count). The van der Waals surface area contributed by atoms with Crippen molar-refractivity contribution < 1.29 is 14.4 Å². The molecule has 34 heavy (non-hydrogen) atoms. The molecule has 0 saturated carbocycles. The number of benzene rings is 2. The van der Waals surface area contributed by atoms with Crippen molar-refractivity contribution in [3.05, 3.63) is 69.7 Å². The molecule has 0 aliphatic carbocycles. The number of carbonyl (C=O) groups is 3. The zero-order valence-corrected chi connectivity index (χ0v) is 19.8. The first kappa shape index (κ1) is 23.0. The highest BCUT2D eigenvalue weighted by molar-refractivity contribution is 6.31. The average molecular weight is 481 g/mol. The number of halogens is 1. The molecule has 2 saturated heterocycles. The predicted molar refractivity (Wildman–Crippen MR) is 129 cm³/mol. The quantitative estimate of drug-likeness (QED) is 0.621. The minimum Gasteiger partial charge on any atom is -0.322 e. The molecule has 0 aromatic heterocycles. The van der Waals surface area contributed by atoms with Crippen LogP contribution in [0.1, 0.15) is 52.7 Å². The summed E-state index contributed by atoms with van der Waals surface area (Å²) in [7, 11) is 0. The van der Waals surface area contributed by atoms with Crippen LogP contribution in [-0.2, 0) is 29.2 Å². The second-order valence-corrected chi connectivity index (χ2v) is 9.85. The van der Waals surface area contributed by atoms with Gasteiger partial charge in [-0.15, -0.1) is 0 Å². The number of nitrogens with one attached hydrogen (secondary N) is 2. The lowest BCUT2D eigenvalue weighted by Gasteiger charge is -2.33. The molecule has 178 valence electrons. The Morgan fingerprint density at radius 2 is 1.94 bits per heavy atom. The van der Waals surface area contributed by atoms with Crippen LogP contribution >= 0.6 is 11.6 Å². The van der Waals surface area contributed by atoms with Crippen molar-refractivity contribution in [1.82, 2.24) is 20.4 Å². The molecule has 2 aromatic carbocycles. The Hall–Kier alpha value is -2.74. The van der Waals surface area contributed by atoms with Crippen LogP contribution < -0.4 is 10.6 Å². The first-order valence-corrected chi connectivity index (χ1v) is 12.3. The molecule has 0 bridgehead atoms. The van der Waals surface area contributed by atoms with Crippen LogP contribution in [0.5, 0.6) is 0 Å². The van der Waals surface area contributed by atoms with Crippen molar-refractivity contribution in [2.24, 2.45) is 0 Å². The van der Waals surface area contributed by atoms with Gasteiger partial charge in [-0.2, -0.15) is 0 Å². The summed E-state index contributed by atoms with van der Waals surface area (Å²) in [6.45, 7) is 4.03. The fraction of sp³-hybridized carbons (Fsp3) is 0.423. The molecule has 1 unspecified atom stereocenters. The molecule has 2 atom stereocenters. The van der Waals surface area contributed by atoms with E-state index in [2.05, 4.69) is 27.7 Å². The lowest BCUT2D eigenvalue weighted by atomic mass is 10.0. The molecule has 3 heterocycles. The van der Waals surface area contributed by atoms with Crippen LogP contribution in [0, 0.1) is 0 Å². The molecule has 3 aliphatic heterocycles. The number of fused-ring (bicyclic) bond motifs is 1. The van der Waals surface area contributed by atoms with E-state index in [9.17, 15) is 14.4 Å². The molecule has 0 radical (unpaired) electrons. The highest BCUT2D eigenvalue weighted by atomic mass is 35.5. The molecule has 3 aliphatic rings. The first-order chi connectivity index (χ1) is 16.5. The Morgan fingerprint density at radius 1 is 1.09 bits per heavy atom. The van der Waals surface area contributed by atoms with Gasteiger partial charge in [-0.1, -0.05) is 41.9 Å². The van der Waals surface area contributed by atoms with E-state index >= 15 is 0 Å². The normalized spacial score (nSPS) is 23.2. The molecule has 0 spiro atoms. The summed E-state index contributed by atoms with van der Waals surface area (Å²) in [5.74, 6) is -0.781. The van der Waals surface area contributed by atoms with Crippen molar-refractivity contribution in [3.8, 4) is 0 Å². The van der Waals surface area contributed by atoms with E-state index in [1.54, 1.807) is 4.90 Å². The molecular weight excluding hydrogens is 452 g/mol. The smallest absolute Gasteiger partial charge is 0.255 e. The van der Waals surface area contributed by atoms with E-state index in [1.165, 1.54) is 0 Å². The van der Waals surface area contributed by atoms with Gasteiger partial charge in [0.2, 0.25) is 11.8 Å². The highest BCUT2D eigenvalue weighted by Crippen LogP contribution is 2.28. The van der Waals surface area contributed by atoms with Crippen LogP contribution in [0.25, 0.3) is 0 Å². The number of piperidine rings is 2. The maximum Gasteiger partial charge on any atom is 0.255 e. The van der Waals surface area contributed by atoms with Crippen molar-refractivity contribution >= 4 is 29.3 Å². The Morgan fingerprint density at radius 3 is 2.76 bits per heavy atom. The van der Waals surface area contributed by atoms with E-state index in [0.717, 1.165) is 60.7 Å². The maximum atomic E-state index is 12.9. The number of nitrogens with zero attached hydrogens (tertiary/aromatic N) is 2. The minimum atomic E-state index is -0.578. The number of imide groups is 1. The van der Waals surface area contributed by atoms with Crippen LogP contribution in [0.2, 0.25) is 5.02 Å². The van der Waals surface area contributed by atoms with Crippen molar-refractivity contribution in [2.45, 2.75) is 57.4 Å². The standard InChI is InChI=1S/C26H29ClN4O3/c27-22-6-2-1-4-18(22)14-30-11-3-5-20(16-30)28-13-17-7-8-21-19(12-17)15-31(26(21)34)23-9-10-24(32)29-25(23)33/h1-2,4,6-8,12,20,23,28H,3,5,9-11,13-16H2,(H,29,32,33)/t20-,23?/m1/s1. The summed E-state index contributed by atoms with van der Waals surface area (Å²) in [6, 6.07) is 13.8. The zero-order chi connectivity index (χ0) is 23.7. The molecule has 2 fully saturated rings. The van der Waals surface area contributed by atoms with Crippen molar-refractivity contribution in [1.29, 1.82) is 0 Å². The largest absolute Gasteiger partial charge is 0.322 e. The third-order valence-corrected chi connectivity index (χ3v) is 7.41. The average Bonchev–Trinajstić information content (AvgIpc) is 3.15. The SMILES string of the molecule is O=C1CCC(N2Cc3cc(CN[C@@H]4CCCN(Cc5ccccc5Cl)C4)ccc3C2=O)C(=O)N1. The Kier molecular flexibility index (Phi) is 6.68. The molecule has 3 amide bonds. The summed E-state index contributed by atoms with van der Waals surface area (Å²) in [4.78, 5) is 40.6. The third-order valence-electron chi connectivity index (χ3n) is 7.04. The van der Waals surface area contributed by atoms with Gasteiger partial charge < -0.3 is 10.2 Å². The first-order valence-electron chi connectivity index (χ1n) is 11.9.